The highest BCUT2D eigenvalue weighted by Gasteiger charge is 2.76. The number of carbonyl (C=O) groups excluding carboxylic acids is 4. The Bertz CT molecular complexity index is 2250. The van der Waals surface area contributed by atoms with Gasteiger partial charge < -0.3 is 39.4 Å². The Morgan fingerprint density at radius 1 is 0.928 bits per heavy atom. The number of esters is 2. The number of likely N-dealkylation sites (N-methyl/N-ethyl adjacent to an activating group) is 1. The van der Waals surface area contributed by atoms with E-state index in [2.05, 4.69) is 19.2 Å². The number of phenols is 1. The minimum atomic E-state index is -1.56. The molecule has 3 aliphatic heterocycles. The Morgan fingerprint density at radius 2 is 1.61 bits per heavy atom. The van der Waals surface area contributed by atoms with Gasteiger partial charge in [0.15, 0.2) is 11.8 Å². The zero-order valence-electron chi connectivity index (χ0n) is 41.3. The van der Waals surface area contributed by atoms with Crippen LogP contribution in [0.1, 0.15) is 128 Å². The first-order chi connectivity index (χ1) is 33.1. The van der Waals surface area contributed by atoms with E-state index in [4.69, 9.17) is 23.8 Å². The van der Waals surface area contributed by atoms with Gasteiger partial charge in [-0.05, 0) is 74.8 Å². The molecule has 14 heteroatoms. The van der Waals surface area contributed by atoms with Gasteiger partial charge in [0.25, 0.3) is 0 Å². The maximum absolute atomic E-state index is 16.0. The second kappa shape index (κ2) is 22.7. The van der Waals surface area contributed by atoms with Crippen molar-refractivity contribution < 1.29 is 53.2 Å². The van der Waals surface area contributed by atoms with Crippen molar-refractivity contribution in [3.05, 3.63) is 107 Å². The maximum Gasteiger partial charge on any atom is 0.327 e. The average molecular weight is 952 g/mol. The molecule has 2 amide bonds. The molecule has 2 bridgehead atoms. The van der Waals surface area contributed by atoms with Crippen LogP contribution in [0, 0.1) is 5.41 Å². The number of nitrogens with zero attached hydrogens (tertiary/aromatic N) is 2. The van der Waals surface area contributed by atoms with Crippen LogP contribution in [0.2, 0.25) is 0 Å². The van der Waals surface area contributed by atoms with Gasteiger partial charge >= 0.3 is 11.9 Å². The summed E-state index contributed by atoms with van der Waals surface area (Å²) in [4.78, 5) is 66.4. The minimum Gasteiger partial charge on any atom is -0.508 e. The lowest BCUT2D eigenvalue weighted by Crippen LogP contribution is -2.70. The number of aliphatic hydroxyl groups excluding tert-OH is 1. The van der Waals surface area contributed by atoms with Crippen molar-refractivity contribution in [2.75, 3.05) is 13.7 Å². The maximum atomic E-state index is 16.0. The number of hydroxylamine groups is 2. The van der Waals surface area contributed by atoms with Gasteiger partial charge in [-0.1, -0.05) is 124 Å². The van der Waals surface area contributed by atoms with Crippen LogP contribution in [-0.4, -0.2) is 112 Å². The van der Waals surface area contributed by atoms with Gasteiger partial charge in [-0.25, -0.2) is 0 Å². The van der Waals surface area contributed by atoms with Crippen LogP contribution >= 0.6 is 0 Å². The van der Waals surface area contributed by atoms with E-state index >= 15 is 4.79 Å². The van der Waals surface area contributed by atoms with Crippen molar-refractivity contribution in [2.45, 2.75) is 179 Å². The number of aliphatic hydroxyl groups is 1. The van der Waals surface area contributed by atoms with Crippen molar-refractivity contribution in [3.8, 4) is 5.75 Å². The molecule has 3 aromatic carbocycles. The molecule has 69 heavy (non-hydrogen) atoms. The molecule has 0 unspecified atom stereocenters. The molecule has 3 N–H and O–H groups in total. The van der Waals surface area contributed by atoms with Crippen LogP contribution in [0.3, 0.4) is 0 Å². The summed E-state index contributed by atoms with van der Waals surface area (Å²) in [6.07, 6.45) is 8.54. The zero-order valence-corrected chi connectivity index (χ0v) is 41.3. The summed E-state index contributed by atoms with van der Waals surface area (Å²) in [6, 6.07) is 21.3. The Balaban J connectivity index is 1.23. The van der Waals surface area contributed by atoms with Gasteiger partial charge in [-0.15, -0.1) is 0 Å². The number of para-hydroxylation sites is 1. The molecule has 0 aromatic heterocycles. The predicted molar refractivity (Wildman–Crippen MR) is 260 cm³/mol. The van der Waals surface area contributed by atoms with Gasteiger partial charge in [0, 0.05) is 39.2 Å². The lowest BCUT2D eigenvalue weighted by atomic mass is 9.62. The van der Waals surface area contributed by atoms with E-state index in [1.165, 1.54) is 4.90 Å². The standard InChI is InChI=1S/C55H73N3O11/c1-7-9-16-30-54(31-17-10-8-2)67-46-44-34-55(52(64)57(6)42(33-38-20-12-11-13-21-38)50(62)56-41(36-59)28-29-45(61)66-53(3,4)5)48(51(63)65-44)58(69-49(55)47(46)68-54)35-39-24-18-22-37(32-39)23-19-26-40-25-14-15-27-43(40)60/h11-15,18-25,27,32,41-42,44,46-49,59-60H,7-10,16-17,26,28-31,33-36H2,1-6H3,(H,56,62)/t41-,42+,44+,46-,47-,48+,49+,55+/m0/s1. The molecule has 1 saturated carbocycles. The van der Waals surface area contributed by atoms with Crippen molar-refractivity contribution in [2.24, 2.45) is 5.41 Å². The lowest BCUT2D eigenvalue weighted by Gasteiger charge is -2.50. The number of rotatable bonds is 23. The summed E-state index contributed by atoms with van der Waals surface area (Å²) < 4.78 is 25.9. The van der Waals surface area contributed by atoms with Crippen molar-refractivity contribution in [1.82, 2.24) is 15.3 Å². The molecule has 3 saturated heterocycles. The molecular weight excluding hydrogens is 879 g/mol. The number of phenolic OH excluding ortho intramolecular Hbond substituents is 1. The van der Waals surface area contributed by atoms with E-state index in [-0.39, 0.29) is 38.0 Å². The van der Waals surface area contributed by atoms with Crippen LogP contribution in [0.25, 0.3) is 6.08 Å². The number of nitrogens with one attached hydrogen (secondary N) is 1. The molecule has 3 heterocycles. The second-order valence-electron chi connectivity index (χ2n) is 20.3. The number of amides is 2. The fourth-order valence-electron chi connectivity index (χ4n) is 10.6. The Labute approximate surface area is 407 Å². The van der Waals surface area contributed by atoms with E-state index in [0.717, 1.165) is 60.8 Å². The number of ether oxygens (including phenoxy) is 4. The van der Waals surface area contributed by atoms with Gasteiger partial charge in [0.1, 0.15) is 47.2 Å². The highest BCUT2D eigenvalue weighted by molar-refractivity contribution is 5.96. The summed E-state index contributed by atoms with van der Waals surface area (Å²) in [5.74, 6) is -2.79. The molecule has 7 rings (SSSR count). The molecule has 4 aliphatic rings. The number of aromatic hydroxyl groups is 1. The molecule has 4 fully saturated rings. The second-order valence-corrected chi connectivity index (χ2v) is 20.3. The number of hydrogen-bond acceptors (Lipinski definition) is 12. The number of benzene rings is 3. The average Bonchev–Trinajstić information content (AvgIpc) is 3.88. The van der Waals surface area contributed by atoms with Gasteiger partial charge in [0.2, 0.25) is 11.8 Å². The topological polar surface area (TPSA) is 173 Å². The first-order valence-corrected chi connectivity index (χ1v) is 25.1. The number of unbranched alkanes of at least 4 members (excludes halogenated alkanes) is 4. The van der Waals surface area contributed by atoms with E-state index < -0.39 is 89.7 Å². The molecule has 0 spiro atoms. The highest BCUT2D eigenvalue weighted by Crippen LogP contribution is 2.58. The Hall–Kier alpha value is -5.12. The van der Waals surface area contributed by atoms with Gasteiger partial charge in [-0.2, -0.15) is 5.06 Å². The van der Waals surface area contributed by atoms with E-state index in [1.807, 2.05) is 78.9 Å². The van der Waals surface area contributed by atoms with Crippen LogP contribution < -0.4 is 5.32 Å². The smallest absolute Gasteiger partial charge is 0.327 e. The van der Waals surface area contributed by atoms with E-state index in [0.29, 0.717) is 19.3 Å². The fourth-order valence-corrected chi connectivity index (χ4v) is 10.6. The quantitative estimate of drug-likeness (QED) is 0.0624. The summed E-state index contributed by atoms with van der Waals surface area (Å²) >= 11 is 0. The monoisotopic (exact) mass is 952 g/mol. The first-order valence-electron chi connectivity index (χ1n) is 25.1. The number of hydrogen-bond donors (Lipinski definition) is 3. The fraction of sp³-hybridized carbons (Fsp3) is 0.564. The molecule has 8 atom stereocenters. The van der Waals surface area contributed by atoms with Crippen LogP contribution in [0.15, 0.2) is 84.9 Å². The molecule has 374 valence electrons. The largest absolute Gasteiger partial charge is 0.508 e. The number of fused-ring (bicyclic) bond motifs is 4. The molecule has 1 aliphatic carbocycles. The lowest BCUT2D eigenvalue weighted by molar-refractivity contribution is -0.225. The van der Waals surface area contributed by atoms with Gasteiger partial charge in [-0.3, -0.25) is 24.0 Å². The Kier molecular flexibility index (Phi) is 17.1. The predicted octanol–water partition coefficient (Wildman–Crippen LogP) is 7.76. The summed E-state index contributed by atoms with van der Waals surface area (Å²) in [5, 5.41) is 25.2. The highest BCUT2D eigenvalue weighted by atomic mass is 16.8. The van der Waals surface area contributed by atoms with Crippen LogP contribution in [0.4, 0.5) is 0 Å². The van der Waals surface area contributed by atoms with E-state index in [1.54, 1.807) is 45.0 Å². The van der Waals surface area contributed by atoms with Crippen LogP contribution in [-0.2, 0) is 62.3 Å². The number of allylic oxidation sites excluding steroid dienone is 1. The number of carbonyl (C=O) groups is 4. The molecule has 3 aromatic rings. The van der Waals surface area contributed by atoms with Crippen LogP contribution in [0.5, 0.6) is 5.75 Å². The SMILES string of the molecule is CCCCCC1(CCCCC)O[C@@H]2[C@H](O1)[C@H]1ON(Cc3cccc(C=CCc4ccccc4O)c3)[C@@H]3C(=O)O[C@@H]2C[C@]13C(=O)N(C)[C@H](Cc1ccccc1)C(=O)N[C@H](CO)CCC(=O)OC(C)(C)C. The summed E-state index contributed by atoms with van der Waals surface area (Å²) in [5.41, 5.74) is 1.06. The Morgan fingerprint density at radius 3 is 2.29 bits per heavy atom. The molecule has 0 radical (unpaired) electrons. The first kappa shape index (κ1) is 51.7. The molecule has 14 nitrogen and oxygen atoms in total. The zero-order chi connectivity index (χ0) is 49.3. The van der Waals surface area contributed by atoms with Crippen molar-refractivity contribution in [3.63, 3.8) is 0 Å². The van der Waals surface area contributed by atoms with Crippen molar-refractivity contribution in [1.29, 1.82) is 0 Å². The summed E-state index contributed by atoms with van der Waals surface area (Å²) in [6.45, 7) is 9.30. The van der Waals surface area contributed by atoms with Crippen molar-refractivity contribution >= 4 is 29.8 Å². The minimum absolute atomic E-state index is 0.0372. The summed E-state index contributed by atoms with van der Waals surface area (Å²) in [7, 11) is 1.58. The third-order valence-electron chi connectivity index (χ3n) is 13.9. The van der Waals surface area contributed by atoms with E-state index in [9.17, 15) is 24.6 Å². The molecular formula is C55H73N3O11. The third kappa shape index (κ3) is 12.1. The van der Waals surface area contributed by atoms with Gasteiger partial charge in [0.05, 0.1) is 19.2 Å². The normalized spacial score (nSPS) is 24.6. The third-order valence-corrected chi connectivity index (χ3v) is 13.9.